The molecule has 1 N–H and O–H groups in total. The summed E-state index contributed by atoms with van der Waals surface area (Å²) in [4.78, 5) is 40.6. The Kier molecular flexibility index (Phi) is 6.95. The summed E-state index contributed by atoms with van der Waals surface area (Å²) in [6.45, 7) is 3.23. The number of carbonyl (C=O) groups is 2. The summed E-state index contributed by atoms with van der Waals surface area (Å²) in [6, 6.07) is 16.6. The van der Waals surface area contributed by atoms with E-state index in [2.05, 4.69) is 5.32 Å². The molecular weight excluding hydrogens is 470 g/mol. The molecule has 34 heavy (non-hydrogen) atoms. The Hall–Kier alpha value is -3.69. The van der Waals surface area contributed by atoms with Crippen molar-refractivity contribution in [3.8, 4) is 5.69 Å². The molecular formula is C25H23N3O4S2. The summed E-state index contributed by atoms with van der Waals surface area (Å²) in [5, 5.41) is 6.44. The lowest BCUT2D eigenvalue weighted by Crippen LogP contribution is -2.32. The summed E-state index contributed by atoms with van der Waals surface area (Å²) in [5.41, 5.74) is 1.41. The highest BCUT2D eigenvalue weighted by Gasteiger charge is 2.25. The van der Waals surface area contributed by atoms with Gasteiger partial charge in [-0.2, -0.15) is 0 Å². The minimum Gasteiger partial charge on any atom is -0.449 e. The predicted octanol–water partition coefficient (Wildman–Crippen LogP) is 4.72. The van der Waals surface area contributed by atoms with Crippen LogP contribution in [-0.2, 0) is 21.4 Å². The standard InChI is InChI=1S/C25H23N3O4S2/c1-16-22(24(30)28(27(16)3)18-9-5-4-6-10-18)26-23(29)17(2)32-25(31)20(21-12-8-14-34-21)15-19-11-7-13-33-19/h4-15,17H,1-3H3,(H,26,29)/b20-15+/t17-/m1/s1. The first-order valence-electron chi connectivity index (χ1n) is 10.5. The number of benzene rings is 1. The zero-order valence-corrected chi connectivity index (χ0v) is 20.5. The normalized spacial score (nSPS) is 12.4. The largest absolute Gasteiger partial charge is 0.449 e. The topological polar surface area (TPSA) is 82.3 Å². The molecule has 3 heterocycles. The van der Waals surface area contributed by atoms with Crippen LogP contribution in [-0.4, -0.2) is 27.3 Å². The minimum absolute atomic E-state index is 0.145. The second-order valence-corrected chi connectivity index (χ2v) is 9.45. The Morgan fingerprint density at radius 3 is 2.38 bits per heavy atom. The van der Waals surface area contributed by atoms with Crippen LogP contribution in [0.1, 0.15) is 22.4 Å². The molecule has 7 nitrogen and oxygen atoms in total. The molecule has 4 aromatic rings. The average Bonchev–Trinajstić information content (AvgIpc) is 3.58. The molecule has 174 valence electrons. The van der Waals surface area contributed by atoms with Crippen LogP contribution in [0.25, 0.3) is 17.3 Å². The zero-order chi connectivity index (χ0) is 24.2. The Bertz CT molecular complexity index is 1380. The van der Waals surface area contributed by atoms with E-state index < -0.39 is 18.0 Å². The number of hydrogen-bond donors (Lipinski definition) is 1. The molecule has 0 aliphatic rings. The number of nitrogens with one attached hydrogen (secondary N) is 1. The maximum absolute atomic E-state index is 13.0. The van der Waals surface area contributed by atoms with E-state index in [9.17, 15) is 14.4 Å². The molecule has 9 heteroatoms. The van der Waals surface area contributed by atoms with E-state index in [1.54, 1.807) is 24.7 Å². The third-order valence-corrected chi connectivity index (χ3v) is 7.01. The van der Waals surface area contributed by atoms with E-state index in [4.69, 9.17) is 4.74 Å². The van der Waals surface area contributed by atoms with Gasteiger partial charge in [0, 0.05) is 16.8 Å². The Balaban J connectivity index is 1.53. The fourth-order valence-corrected chi connectivity index (χ4v) is 4.78. The van der Waals surface area contributed by atoms with Crippen LogP contribution in [0.2, 0.25) is 0 Å². The van der Waals surface area contributed by atoms with Gasteiger partial charge in [0.1, 0.15) is 5.69 Å². The number of thiophene rings is 2. The second-order valence-electron chi connectivity index (χ2n) is 7.52. The molecule has 4 rings (SSSR count). The minimum atomic E-state index is -1.11. The molecule has 0 saturated heterocycles. The van der Waals surface area contributed by atoms with Crippen LogP contribution in [0.5, 0.6) is 0 Å². The number of carbonyl (C=O) groups excluding carboxylic acids is 2. The number of aromatic nitrogens is 2. The van der Waals surface area contributed by atoms with Crippen molar-refractivity contribution >= 4 is 51.9 Å². The predicted molar refractivity (Wildman–Crippen MR) is 136 cm³/mol. The van der Waals surface area contributed by atoms with Gasteiger partial charge in [-0.3, -0.25) is 14.3 Å². The first-order valence-corrected chi connectivity index (χ1v) is 12.3. The monoisotopic (exact) mass is 493 g/mol. The van der Waals surface area contributed by atoms with E-state index in [1.165, 1.54) is 34.3 Å². The smallest absolute Gasteiger partial charge is 0.340 e. The summed E-state index contributed by atoms with van der Waals surface area (Å²) in [6.07, 6.45) is 0.645. The van der Waals surface area contributed by atoms with Crippen molar-refractivity contribution in [1.29, 1.82) is 0 Å². The van der Waals surface area contributed by atoms with Gasteiger partial charge in [-0.05, 0) is 54.9 Å². The molecule has 1 atom stereocenters. The van der Waals surface area contributed by atoms with Gasteiger partial charge in [-0.15, -0.1) is 22.7 Å². The van der Waals surface area contributed by atoms with Crippen molar-refractivity contribution in [1.82, 2.24) is 9.36 Å². The molecule has 0 aliphatic heterocycles. The van der Waals surface area contributed by atoms with E-state index in [0.717, 1.165) is 9.75 Å². The molecule has 1 aromatic carbocycles. The molecule has 0 aliphatic carbocycles. The van der Waals surface area contributed by atoms with Gasteiger partial charge in [0.15, 0.2) is 6.10 Å². The highest BCUT2D eigenvalue weighted by Crippen LogP contribution is 2.26. The van der Waals surface area contributed by atoms with Crippen molar-refractivity contribution in [2.24, 2.45) is 7.05 Å². The quantitative estimate of drug-likeness (QED) is 0.298. The molecule has 0 fully saturated rings. The highest BCUT2D eigenvalue weighted by molar-refractivity contribution is 7.12. The van der Waals surface area contributed by atoms with Gasteiger partial charge in [0.25, 0.3) is 11.5 Å². The number of para-hydroxylation sites is 1. The van der Waals surface area contributed by atoms with Crippen LogP contribution >= 0.6 is 22.7 Å². The summed E-state index contributed by atoms with van der Waals surface area (Å²) < 4.78 is 8.64. The van der Waals surface area contributed by atoms with Gasteiger partial charge in [-0.1, -0.05) is 30.3 Å². The van der Waals surface area contributed by atoms with Gasteiger partial charge in [-0.25, -0.2) is 9.48 Å². The van der Waals surface area contributed by atoms with Crippen molar-refractivity contribution in [2.75, 3.05) is 5.32 Å². The lowest BCUT2D eigenvalue weighted by atomic mass is 10.2. The van der Waals surface area contributed by atoms with Crippen molar-refractivity contribution in [3.05, 3.63) is 91.2 Å². The van der Waals surface area contributed by atoms with Crippen molar-refractivity contribution in [3.63, 3.8) is 0 Å². The number of hydrogen-bond acceptors (Lipinski definition) is 6. The van der Waals surface area contributed by atoms with E-state index in [-0.39, 0.29) is 11.2 Å². The molecule has 0 radical (unpaired) electrons. The Morgan fingerprint density at radius 2 is 1.74 bits per heavy atom. The highest BCUT2D eigenvalue weighted by atomic mass is 32.1. The number of ether oxygens (including phenoxy) is 1. The van der Waals surface area contributed by atoms with Crippen LogP contribution in [0.15, 0.2) is 70.2 Å². The Labute approximate surface area is 204 Å². The van der Waals surface area contributed by atoms with Gasteiger partial charge in [0.2, 0.25) is 0 Å². The van der Waals surface area contributed by atoms with E-state index >= 15 is 0 Å². The van der Waals surface area contributed by atoms with Gasteiger partial charge < -0.3 is 10.1 Å². The molecule has 3 aromatic heterocycles. The molecule has 0 saturated carbocycles. The van der Waals surface area contributed by atoms with E-state index in [0.29, 0.717) is 17.0 Å². The van der Waals surface area contributed by atoms with Gasteiger partial charge >= 0.3 is 5.97 Å². The SMILES string of the molecule is Cc1c(NC(=O)[C@@H](C)OC(=O)/C(=C/c2cccs2)c2cccs2)c(=O)n(-c2ccccc2)n1C. The van der Waals surface area contributed by atoms with Crippen LogP contribution in [0.4, 0.5) is 5.69 Å². The fraction of sp³-hybridized carbons (Fsp3) is 0.160. The first kappa shape index (κ1) is 23.5. The average molecular weight is 494 g/mol. The van der Waals surface area contributed by atoms with Crippen molar-refractivity contribution < 1.29 is 14.3 Å². The molecule has 0 unspecified atom stereocenters. The number of esters is 1. The lowest BCUT2D eigenvalue weighted by Gasteiger charge is -2.14. The van der Waals surface area contributed by atoms with Crippen LogP contribution in [0, 0.1) is 6.92 Å². The zero-order valence-electron chi connectivity index (χ0n) is 18.8. The third-order valence-electron chi connectivity index (χ3n) is 5.29. The summed E-state index contributed by atoms with van der Waals surface area (Å²) >= 11 is 2.91. The summed E-state index contributed by atoms with van der Waals surface area (Å²) in [7, 11) is 1.74. The number of nitrogens with zero attached hydrogens (tertiary/aromatic N) is 2. The second kappa shape index (κ2) is 10.1. The maximum Gasteiger partial charge on any atom is 0.340 e. The first-order chi connectivity index (χ1) is 16.4. The maximum atomic E-state index is 13.0. The molecule has 0 bridgehead atoms. The summed E-state index contributed by atoms with van der Waals surface area (Å²) in [5.74, 6) is -1.19. The Morgan fingerprint density at radius 1 is 1.03 bits per heavy atom. The molecule has 1 amide bonds. The van der Waals surface area contributed by atoms with Crippen LogP contribution in [0.3, 0.4) is 0 Å². The number of rotatable bonds is 7. The third kappa shape index (κ3) is 4.80. The van der Waals surface area contributed by atoms with E-state index in [1.807, 2.05) is 65.4 Å². The lowest BCUT2D eigenvalue weighted by molar-refractivity contribution is -0.147. The fourth-order valence-electron chi connectivity index (χ4n) is 3.39. The molecule has 0 spiro atoms. The van der Waals surface area contributed by atoms with Crippen LogP contribution < -0.4 is 10.9 Å². The van der Waals surface area contributed by atoms with Crippen molar-refractivity contribution in [2.45, 2.75) is 20.0 Å². The number of amides is 1. The number of anilines is 1. The van der Waals surface area contributed by atoms with Gasteiger partial charge in [0.05, 0.1) is 17.0 Å².